The molecule has 0 aliphatic heterocycles. The second-order valence-corrected chi connectivity index (χ2v) is 6.00. The number of azo groups is 1. The molecular weight excluding hydrogens is 346 g/mol. The monoisotopic (exact) mass is 359 g/mol. The lowest BCUT2D eigenvalue weighted by atomic mass is 10.1. The number of hydrogen-bond donors (Lipinski definition) is 0. The highest BCUT2D eigenvalue weighted by atomic mass is 35.5. The molecule has 0 aliphatic carbocycles. The standard InChI is InChI=1S/C21H14ClN3O/c22-17-13-7-8-14-18(17)23-24-20-19(15-9-3-1-4-10-15)25-26-21(20)16-11-5-2-6-12-16/h1-14H. The quantitative estimate of drug-likeness (QED) is 0.365. The van der Waals surface area contributed by atoms with E-state index in [4.69, 9.17) is 16.1 Å². The summed E-state index contributed by atoms with van der Waals surface area (Å²) in [6.45, 7) is 0. The maximum atomic E-state index is 6.19. The van der Waals surface area contributed by atoms with Crippen LogP contribution in [0.4, 0.5) is 11.4 Å². The molecule has 4 rings (SSSR count). The molecule has 0 radical (unpaired) electrons. The Morgan fingerprint density at radius 3 is 2.00 bits per heavy atom. The summed E-state index contributed by atoms with van der Waals surface area (Å²) in [4.78, 5) is 0. The van der Waals surface area contributed by atoms with Crippen molar-refractivity contribution in [3.63, 3.8) is 0 Å². The third kappa shape index (κ3) is 3.27. The zero-order valence-corrected chi connectivity index (χ0v) is 14.5. The SMILES string of the molecule is Clc1ccccc1N=Nc1c(-c2ccccc2)noc1-c1ccccc1. The van der Waals surface area contributed by atoms with Crippen LogP contribution in [0.1, 0.15) is 0 Å². The van der Waals surface area contributed by atoms with E-state index in [-0.39, 0.29) is 0 Å². The maximum absolute atomic E-state index is 6.19. The van der Waals surface area contributed by atoms with Gasteiger partial charge < -0.3 is 4.52 Å². The summed E-state index contributed by atoms with van der Waals surface area (Å²) in [5.74, 6) is 0.570. The largest absolute Gasteiger partial charge is 0.353 e. The van der Waals surface area contributed by atoms with Crippen molar-refractivity contribution in [2.24, 2.45) is 10.2 Å². The number of rotatable bonds is 4. The molecule has 1 aromatic heterocycles. The van der Waals surface area contributed by atoms with Crippen LogP contribution in [0.5, 0.6) is 0 Å². The smallest absolute Gasteiger partial charge is 0.195 e. The normalized spacial score (nSPS) is 11.1. The van der Waals surface area contributed by atoms with Crippen molar-refractivity contribution in [2.75, 3.05) is 0 Å². The molecule has 26 heavy (non-hydrogen) atoms. The molecule has 0 N–H and O–H groups in total. The average Bonchev–Trinajstić information content (AvgIpc) is 3.12. The van der Waals surface area contributed by atoms with Crippen molar-refractivity contribution in [3.05, 3.63) is 90.0 Å². The second kappa shape index (κ2) is 7.33. The summed E-state index contributed by atoms with van der Waals surface area (Å²) in [6.07, 6.45) is 0. The van der Waals surface area contributed by atoms with Gasteiger partial charge in [0.2, 0.25) is 0 Å². The molecular formula is C21H14ClN3O. The first-order chi connectivity index (χ1) is 12.8. The van der Waals surface area contributed by atoms with Gasteiger partial charge in [-0.1, -0.05) is 89.6 Å². The van der Waals surface area contributed by atoms with Gasteiger partial charge in [0, 0.05) is 11.1 Å². The third-order valence-electron chi connectivity index (χ3n) is 3.86. The highest BCUT2D eigenvalue weighted by molar-refractivity contribution is 6.32. The third-order valence-corrected chi connectivity index (χ3v) is 4.18. The minimum atomic E-state index is 0.537. The van der Waals surface area contributed by atoms with E-state index in [0.29, 0.717) is 27.9 Å². The zero-order chi connectivity index (χ0) is 17.8. The van der Waals surface area contributed by atoms with Gasteiger partial charge in [-0.05, 0) is 12.1 Å². The molecule has 3 aromatic carbocycles. The number of hydrogen-bond acceptors (Lipinski definition) is 4. The van der Waals surface area contributed by atoms with E-state index in [1.165, 1.54) is 0 Å². The fraction of sp³-hybridized carbons (Fsp3) is 0. The van der Waals surface area contributed by atoms with Gasteiger partial charge in [0.1, 0.15) is 11.4 Å². The Balaban J connectivity index is 1.85. The Kier molecular flexibility index (Phi) is 4.58. The summed E-state index contributed by atoms with van der Waals surface area (Å²) in [6, 6.07) is 26.8. The molecule has 0 saturated heterocycles. The van der Waals surface area contributed by atoms with Gasteiger partial charge >= 0.3 is 0 Å². The summed E-state index contributed by atoms with van der Waals surface area (Å²) >= 11 is 6.19. The van der Waals surface area contributed by atoms with Gasteiger partial charge in [-0.15, -0.1) is 10.2 Å². The minimum Gasteiger partial charge on any atom is -0.353 e. The highest BCUT2D eigenvalue weighted by Gasteiger charge is 2.19. The predicted molar refractivity (Wildman–Crippen MR) is 103 cm³/mol. The summed E-state index contributed by atoms with van der Waals surface area (Å²) < 4.78 is 5.62. The van der Waals surface area contributed by atoms with E-state index < -0.39 is 0 Å². The molecule has 1 heterocycles. The maximum Gasteiger partial charge on any atom is 0.195 e. The molecule has 5 heteroatoms. The van der Waals surface area contributed by atoms with Crippen LogP contribution in [0, 0.1) is 0 Å². The Bertz CT molecular complexity index is 986. The predicted octanol–water partition coefficient (Wildman–Crippen LogP) is 7.08. The molecule has 4 nitrogen and oxygen atoms in total. The van der Waals surface area contributed by atoms with Gasteiger partial charge in [-0.2, -0.15) is 0 Å². The lowest BCUT2D eigenvalue weighted by Crippen LogP contribution is -1.78. The number of benzene rings is 3. The van der Waals surface area contributed by atoms with Crippen LogP contribution >= 0.6 is 11.6 Å². The van der Waals surface area contributed by atoms with Crippen LogP contribution in [0.15, 0.2) is 99.7 Å². The Labute approximate surface area is 155 Å². The van der Waals surface area contributed by atoms with Crippen LogP contribution in [0.2, 0.25) is 5.02 Å². The Morgan fingerprint density at radius 1 is 0.692 bits per heavy atom. The summed E-state index contributed by atoms with van der Waals surface area (Å²) in [5.41, 5.74) is 3.60. The summed E-state index contributed by atoms with van der Waals surface area (Å²) in [5, 5.41) is 13.5. The van der Waals surface area contributed by atoms with Crippen LogP contribution in [0.3, 0.4) is 0 Å². The number of nitrogens with zero attached hydrogens (tertiary/aromatic N) is 3. The molecule has 0 amide bonds. The lowest BCUT2D eigenvalue weighted by Gasteiger charge is -2.00. The van der Waals surface area contributed by atoms with Gasteiger partial charge in [-0.25, -0.2) is 0 Å². The first kappa shape index (κ1) is 16.2. The first-order valence-corrected chi connectivity index (χ1v) is 8.47. The molecule has 0 aliphatic rings. The van der Waals surface area contributed by atoms with Crippen molar-refractivity contribution in [3.8, 4) is 22.6 Å². The van der Waals surface area contributed by atoms with Gasteiger partial charge in [0.25, 0.3) is 0 Å². The fourth-order valence-electron chi connectivity index (χ4n) is 2.58. The van der Waals surface area contributed by atoms with Gasteiger partial charge in [0.05, 0.1) is 5.02 Å². The van der Waals surface area contributed by atoms with Crippen LogP contribution < -0.4 is 0 Å². The van der Waals surface area contributed by atoms with E-state index in [9.17, 15) is 0 Å². The van der Waals surface area contributed by atoms with E-state index in [0.717, 1.165) is 11.1 Å². The molecule has 0 saturated carbocycles. The average molecular weight is 360 g/mol. The van der Waals surface area contributed by atoms with E-state index in [1.807, 2.05) is 78.9 Å². The highest BCUT2D eigenvalue weighted by Crippen LogP contribution is 2.40. The van der Waals surface area contributed by atoms with Crippen molar-refractivity contribution in [1.82, 2.24) is 5.16 Å². The molecule has 0 atom stereocenters. The molecule has 0 bridgehead atoms. The lowest BCUT2D eigenvalue weighted by molar-refractivity contribution is 0.435. The van der Waals surface area contributed by atoms with Crippen LogP contribution in [0.25, 0.3) is 22.6 Å². The first-order valence-electron chi connectivity index (χ1n) is 8.10. The second-order valence-electron chi connectivity index (χ2n) is 5.59. The van der Waals surface area contributed by atoms with Crippen LogP contribution in [-0.2, 0) is 0 Å². The van der Waals surface area contributed by atoms with Crippen molar-refractivity contribution < 1.29 is 4.52 Å². The Morgan fingerprint density at radius 2 is 1.31 bits per heavy atom. The topological polar surface area (TPSA) is 50.8 Å². The molecule has 0 unspecified atom stereocenters. The number of aromatic nitrogens is 1. The Hall–Kier alpha value is -3.24. The number of halogens is 1. The van der Waals surface area contributed by atoms with E-state index >= 15 is 0 Å². The van der Waals surface area contributed by atoms with E-state index in [2.05, 4.69) is 15.4 Å². The fourth-order valence-corrected chi connectivity index (χ4v) is 2.75. The van der Waals surface area contributed by atoms with Crippen LogP contribution in [-0.4, -0.2) is 5.16 Å². The van der Waals surface area contributed by atoms with Crippen molar-refractivity contribution >= 4 is 23.0 Å². The van der Waals surface area contributed by atoms with Gasteiger partial charge in [0.15, 0.2) is 11.4 Å². The van der Waals surface area contributed by atoms with Crippen molar-refractivity contribution in [2.45, 2.75) is 0 Å². The minimum absolute atomic E-state index is 0.537. The molecule has 0 spiro atoms. The summed E-state index contributed by atoms with van der Waals surface area (Å²) in [7, 11) is 0. The van der Waals surface area contributed by atoms with E-state index in [1.54, 1.807) is 6.07 Å². The zero-order valence-electron chi connectivity index (χ0n) is 13.7. The van der Waals surface area contributed by atoms with Gasteiger partial charge in [-0.3, -0.25) is 0 Å². The van der Waals surface area contributed by atoms with Crippen molar-refractivity contribution in [1.29, 1.82) is 0 Å². The molecule has 4 aromatic rings. The molecule has 126 valence electrons. The molecule has 0 fully saturated rings.